The van der Waals surface area contributed by atoms with Crippen molar-refractivity contribution in [3.8, 4) is 0 Å². The predicted molar refractivity (Wildman–Crippen MR) is 118 cm³/mol. The molecule has 0 aliphatic rings. The molecule has 2 aromatic heterocycles. The number of aromatic nitrogens is 3. The van der Waals surface area contributed by atoms with Crippen molar-refractivity contribution in [2.45, 2.75) is 13.1 Å². The summed E-state index contributed by atoms with van der Waals surface area (Å²) in [6.45, 7) is 0.0171. The third-order valence-corrected chi connectivity index (χ3v) is 5.73. The third-order valence-electron chi connectivity index (χ3n) is 4.56. The molecule has 10 heteroatoms. The average Bonchev–Trinajstić information content (AvgIpc) is 3.18. The summed E-state index contributed by atoms with van der Waals surface area (Å²) in [5.74, 6) is -1.37. The maximum Gasteiger partial charge on any atom is 0.275 e. The van der Waals surface area contributed by atoms with Crippen LogP contribution in [0.1, 0.15) is 16.1 Å². The monoisotopic (exact) mass is 453 g/mol. The molecule has 156 valence electrons. The summed E-state index contributed by atoms with van der Waals surface area (Å²) in [4.78, 5) is 41.7. The number of nitrogens with zero attached hydrogens (tertiary/aromatic N) is 4. The topological polar surface area (TPSA) is 112 Å². The van der Waals surface area contributed by atoms with Gasteiger partial charge in [0.25, 0.3) is 17.4 Å². The fourth-order valence-electron chi connectivity index (χ4n) is 3.11. The van der Waals surface area contributed by atoms with Crippen LogP contribution < -0.4 is 16.1 Å². The van der Waals surface area contributed by atoms with Gasteiger partial charge in [-0.15, -0.1) is 11.3 Å². The Morgan fingerprint density at radius 3 is 2.55 bits per heavy atom. The van der Waals surface area contributed by atoms with Gasteiger partial charge in [-0.2, -0.15) is 10.1 Å². The van der Waals surface area contributed by atoms with E-state index in [2.05, 4.69) is 10.1 Å². The lowest BCUT2D eigenvalue weighted by Crippen LogP contribution is -2.30. The minimum absolute atomic E-state index is 0.0760. The first kappa shape index (κ1) is 20.7. The van der Waals surface area contributed by atoms with E-state index in [4.69, 9.17) is 17.3 Å². The number of nitrogens with two attached hydrogens (primary N) is 1. The van der Waals surface area contributed by atoms with E-state index >= 15 is 0 Å². The molecule has 2 aromatic carbocycles. The van der Waals surface area contributed by atoms with Crippen LogP contribution in [0.15, 0.2) is 69.9 Å². The van der Waals surface area contributed by atoms with Gasteiger partial charge in [-0.05, 0) is 17.7 Å². The zero-order valence-electron chi connectivity index (χ0n) is 16.1. The highest BCUT2D eigenvalue weighted by molar-refractivity contribution is 7.07. The van der Waals surface area contributed by atoms with Gasteiger partial charge in [0.1, 0.15) is 6.54 Å². The quantitative estimate of drug-likeness (QED) is 0.499. The van der Waals surface area contributed by atoms with Gasteiger partial charge in [0.05, 0.1) is 11.9 Å². The second kappa shape index (κ2) is 8.66. The summed E-state index contributed by atoms with van der Waals surface area (Å²) in [5, 5.41) is 7.01. The molecule has 31 heavy (non-hydrogen) atoms. The van der Waals surface area contributed by atoms with Crippen LogP contribution in [0.3, 0.4) is 0 Å². The minimum Gasteiger partial charge on any atom is -0.364 e. The molecular weight excluding hydrogens is 438 g/mol. The molecule has 0 saturated carbocycles. The third kappa shape index (κ3) is 4.32. The van der Waals surface area contributed by atoms with Gasteiger partial charge in [-0.3, -0.25) is 14.4 Å². The Morgan fingerprint density at radius 1 is 1.10 bits per heavy atom. The number of hydrogen-bond acceptors (Lipinski definition) is 5. The lowest BCUT2D eigenvalue weighted by atomic mass is 10.1. The molecule has 0 unspecified atom stereocenters. The Kier molecular flexibility index (Phi) is 5.79. The molecule has 0 atom stereocenters. The lowest BCUT2D eigenvalue weighted by molar-refractivity contribution is -0.118. The van der Waals surface area contributed by atoms with Crippen molar-refractivity contribution in [1.82, 2.24) is 14.3 Å². The van der Waals surface area contributed by atoms with Crippen molar-refractivity contribution in [3.63, 3.8) is 0 Å². The summed E-state index contributed by atoms with van der Waals surface area (Å²) in [5.41, 5.74) is 5.71. The van der Waals surface area contributed by atoms with Crippen LogP contribution in [0.5, 0.6) is 0 Å². The first-order valence-electron chi connectivity index (χ1n) is 9.18. The van der Waals surface area contributed by atoms with Gasteiger partial charge in [0, 0.05) is 22.0 Å². The first-order chi connectivity index (χ1) is 14.9. The van der Waals surface area contributed by atoms with Gasteiger partial charge in [-0.1, -0.05) is 48.0 Å². The molecule has 8 nitrogen and oxygen atoms in total. The number of hydrogen-bond donors (Lipinski definition) is 1. The largest absolute Gasteiger partial charge is 0.364 e. The van der Waals surface area contributed by atoms with Crippen LogP contribution in [0, 0.1) is 0 Å². The second-order valence-electron chi connectivity index (χ2n) is 6.63. The van der Waals surface area contributed by atoms with Crippen LogP contribution in [-0.2, 0) is 17.9 Å². The Labute approximate surface area is 184 Å². The maximum absolute atomic E-state index is 12.7. The maximum atomic E-state index is 12.7. The van der Waals surface area contributed by atoms with Crippen LogP contribution in [0.4, 0.5) is 0 Å². The zero-order chi connectivity index (χ0) is 22.0. The minimum atomic E-state index is -0.787. The van der Waals surface area contributed by atoms with Gasteiger partial charge in [0.15, 0.2) is 10.5 Å². The van der Waals surface area contributed by atoms with Crippen molar-refractivity contribution in [2.24, 2.45) is 10.7 Å². The number of rotatable bonds is 5. The molecule has 0 bridgehead atoms. The number of benzene rings is 2. The van der Waals surface area contributed by atoms with E-state index in [0.29, 0.717) is 21.8 Å². The van der Waals surface area contributed by atoms with Crippen LogP contribution in [-0.4, -0.2) is 26.2 Å². The molecule has 2 amide bonds. The fourth-order valence-corrected chi connectivity index (χ4v) is 4.05. The summed E-state index contributed by atoms with van der Waals surface area (Å²) in [7, 11) is 0. The van der Waals surface area contributed by atoms with Gasteiger partial charge in [-0.25, -0.2) is 4.68 Å². The first-order valence-corrected chi connectivity index (χ1v) is 10.4. The smallest absolute Gasteiger partial charge is 0.275 e. The molecule has 0 fully saturated rings. The Hall–Kier alpha value is -3.56. The van der Waals surface area contributed by atoms with Crippen molar-refractivity contribution in [1.29, 1.82) is 0 Å². The van der Waals surface area contributed by atoms with Crippen molar-refractivity contribution < 1.29 is 9.59 Å². The standard InChI is InChI=1S/C21H16ClN5O3S/c22-16-8-4-1-5-13(16)11-26-9-10-31-21(26)24-17(28)12-27-20(30)15-7-3-2-6-14(15)18(25-27)19(23)29/h1-10H,11-12H2,(H2,23,29). The van der Waals surface area contributed by atoms with Gasteiger partial charge < -0.3 is 10.3 Å². The van der Waals surface area contributed by atoms with Gasteiger partial charge in [0.2, 0.25) is 0 Å². The number of fused-ring (bicyclic) bond motifs is 1. The predicted octanol–water partition coefficient (Wildman–Crippen LogP) is 2.19. The Morgan fingerprint density at radius 2 is 1.81 bits per heavy atom. The van der Waals surface area contributed by atoms with Gasteiger partial charge >= 0.3 is 0 Å². The van der Waals surface area contributed by atoms with Crippen molar-refractivity contribution in [3.05, 3.63) is 91.5 Å². The van der Waals surface area contributed by atoms with Crippen LogP contribution in [0.25, 0.3) is 10.8 Å². The molecule has 2 N–H and O–H groups in total. The molecule has 4 rings (SSSR count). The number of amides is 2. The number of primary amides is 1. The SMILES string of the molecule is NC(=O)c1nn(CC(=O)N=c2sccn2Cc2ccccc2Cl)c(=O)c2ccccc12. The molecule has 0 saturated heterocycles. The second-order valence-corrected chi connectivity index (χ2v) is 7.91. The number of thiazole rings is 1. The number of halogens is 1. The van der Waals surface area contributed by atoms with E-state index in [1.807, 2.05) is 18.2 Å². The van der Waals surface area contributed by atoms with E-state index in [9.17, 15) is 14.4 Å². The van der Waals surface area contributed by atoms with E-state index in [1.165, 1.54) is 11.3 Å². The normalized spacial score (nSPS) is 11.7. The summed E-state index contributed by atoms with van der Waals surface area (Å²) < 4.78 is 2.70. The van der Waals surface area contributed by atoms with E-state index in [-0.39, 0.29) is 11.1 Å². The molecule has 4 aromatic rings. The number of carbonyl (C=O) groups excluding carboxylic acids is 2. The summed E-state index contributed by atoms with van der Waals surface area (Å²) in [6.07, 6.45) is 1.80. The Bertz CT molecular complexity index is 1440. The Balaban J connectivity index is 1.67. The lowest BCUT2D eigenvalue weighted by Gasteiger charge is -2.08. The summed E-state index contributed by atoms with van der Waals surface area (Å²) in [6, 6.07) is 13.9. The van der Waals surface area contributed by atoms with E-state index < -0.39 is 23.9 Å². The van der Waals surface area contributed by atoms with E-state index in [1.54, 1.807) is 46.5 Å². The van der Waals surface area contributed by atoms with Crippen LogP contribution >= 0.6 is 22.9 Å². The molecule has 0 spiro atoms. The highest BCUT2D eigenvalue weighted by Gasteiger charge is 2.16. The summed E-state index contributed by atoms with van der Waals surface area (Å²) >= 11 is 7.50. The van der Waals surface area contributed by atoms with E-state index in [0.717, 1.165) is 10.2 Å². The molecule has 0 aliphatic heterocycles. The average molecular weight is 454 g/mol. The van der Waals surface area contributed by atoms with Crippen molar-refractivity contribution in [2.75, 3.05) is 0 Å². The van der Waals surface area contributed by atoms with Crippen molar-refractivity contribution >= 4 is 45.5 Å². The van der Waals surface area contributed by atoms with Crippen LogP contribution in [0.2, 0.25) is 5.02 Å². The molecule has 0 aliphatic carbocycles. The zero-order valence-corrected chi connectivity index (χ0v) is 17.6. The molecule has 0 radical (unpaired) electrons. The number of carbonyl (C=O) groups is 2. The molecule has 2 heterocycles. The highest BCUT2D eigenvalue weighted by atomic mass is 35.5. The fraction of sp³-hybridized carbons (Fsp3) is 0.0952. The molecular formula is C21H16ClN5O3S. The highest BCUT2D eigenvalue weighted by Crippen LogP contribution is 2.16.